The van der Waals surface area contributed by atoms with Crippen molar-refractivity contribution in [2.24, 2.45) is 5.84 Å². The molecule has 2 rings (SSSR count). The molecule has 8 heteroatoms. The summed E-state index contributed by atoms with van der Waals surface area (Å²) in [6.07, 6.45) is 1.32. The fraction of sp³-hybridized carbons (Fsp3) is 0.308. The number of pyridine rings is 1. The molecule has 0 saturated heterocycles. The summed E-state index contributed by atoms with van der Waals surface area (Å²) in [5.74, 6) is 3.68. The molecule has 6 nitrogen and oxygen atoms in total. The van der Waals surface area contributed by atoms with Gasteiger partial charge in [-0.25, -0.2) is 20.2 Å². The van der Waals surface area contributed by atoms with E-state index in [1.165, 1.54) is 23.6 Å². The molecular weight excluding hydrogens is 293 g/mol. The zero-order valence-electron chi connectivity index (χ0n) is 11.9. The van der Waals surface area contributed by atoms with Gasteiger partial charge in [-0.15, -0.1) is 11.3 Å². The molecule has 0 fully saturated rings. The van der Waals surface area contributed by atoms with Crippen molar-refractivity contribution in [2.75, 3.05) is 5.43 Å². The molecule has 0 aliphatic heterocycles. The van der Waals surface area contributed by atoms with Crippen LogP contribution in [0.3, 0.4) is 0 Å². The first-order valence-electron chi connectivity index (χ1n) is 6.30. The SMILES string of the molecule is Cc1nc(C)c(C(C)NC(=O)c2ccnc(NN)c2F)s1. The molecule has 21 heavy (non-hydrogen) atoms. The first kappa shape index (κ1) is 15.3. The van der Waals surface area contributed by atoms with Crippen LogP contribution >= 0.6 is 11.3 Å². The maximum Gasteiger partial charge on any atom is 0.254 e. The second-order valence-corrected chi connectivity index (χ2v) is 5.78. The molecule has 2 aromatic heterocycles. The third kappa shape index (κ3) is 3.17. The number of hydrogen-bond donors (Lipinski definition) is 3. The maximum absolute atomic E-state index is 14.0. The average molecular weight is 309 g/mol. The van der Waals surface area contributed by atoms with E-state index in [9.17, 15) is 9.18 Å². The Labute approximate surface area is 125 Å². The maximum atomic E-state index is 14.0. The van der Waals surface area contributed by atoms with E-state index in [1.54, 1.807) is 0 Å². The zero-order valence-corrected chi connectivity index (χ0v) is 12.7. The molecule has 0 aliphatic carbocycles. The normalized spacial score (nSPS) is 12.0. The molecule has 0 saturated carbocycles. The zero-order chi connectivity index (χ0) is 15.6. The molecule has 0 aromatic carbocycles. The molecule has 1 unspecified atom stereocenters. The van der Waals surface area contributed by atoms with Gasteiger partial charge >= 0.3 is 0 Å². The lowest BCUT2D eigenvalue weighted by atomic mass is 10.2. The summed E-state index contributed by atoms with van der Waals surface area (Å²) in [7, 11) is 0. The van der Waals surface area contributed by atoms with Crippen molar-refractivity contribution in [3.05, 3.63) is 39.2 Å². The lowest BCUT2D eigenvalue weighted by Crippen LogP contribution is -2.28. The number of nitrogen functional groups attached to an aromatic ring is 1. The van der Waals surface area contributed by atoms with Gasteiger partial charge in [-0.3, -0.25) is 4.79 Å². The topological polar surface area (TPSA) is 92.9 Å². The predicted molar refractivity (Wildman–Crippen MR) is 79.5 cm³/mol. The highest BCUT2D eigenvalue weighted by Gasteiger charge is 2.20. The van der Waals surface area contributed by atoms with Crippen molar-refractivity contribution >= 4 is 23.1 Å². The molecule has 4 N–H and O–H groups in total. The first-order valence-corrected chi connectivity index (χ1v) is 7.11. The minimum Gasteiger partial charge on any atom is -0.345 e. The summed E-state index contributed by atoms with van der Waals surface area (Å²) < 4.78 is 14.0. The number of amides is 1. The lowest BCUT2D eigenvalue weighted by Gasteiger charge is -2.14. The third-order valence-corrected chi connectivity index (χ3v) is 4.21. The molecule has 2 aromatic rings. The largest absolute Gasteiger partial charge is 0.345 e. The Morgan fingerprint density at radius 2 is 2.19 bits per heavy atom. The Hall–Kier alpha value is -2.06. The van der Waals surface area contributed by atoms with Crippen molar-refractivity contribution in [2.45, 2.75) is 26.8 Å². The van der Waals surface area contributed by atoms with Gasteiger partial charge < -0.3 is 10.7 Å². The van der Waals surface area contributed by atoms with Crippen molar-refractivity contribution in [3.8, 4) is 0 Å². The molecule has 0 radical (unpaired) electrons. The van der Waals surface area contributed by atoms with Gasteiger partial charge in [-0.1, -0.05) is 0 Å². The summed E-state index contributed by atoms with van der Waals surface area (Å²) in [4.78, 5) is 21.1. The lowest BCUT2D eigenvalue weighted by molar-refractivity contribution is 0.0936. The fourth-order valence-corrected chi connectivity index (χ4v) is 2.94. The van der Waals surface area contributed by atoms with E-state index in [-0.39, 0.29) is 17.4 Å². The Morgan fingerprint density at radius 1 is 1.48 bits per heavy atom. The van der Waals surface area contributed by atoms with Gasteiger partial charge in [0, 0.05) is 11.1 Å². The van der Waals surface area contributed by atoms with Gasteiger partial charge in [0.1, 0.15) is 0 Å². The van der Waals surface area contributed by atoms with Gasteiger partial charge in [0.05, 0.1) is 22.3 Å². The number of carbonyl (C=O) groups excluding carboxylic acids is 1. The third-order valence-electron chi connectivity index (χ3n) is 2.95. The standard InChI is InChI=1S/C13H16FN5OS/c1-6-11(21-8(3)17-6)7(2)18-13(20)9-4-5-16-12(19-15)10(9)14/h4-5,7H,15H2,1-3H3,(H,16,19)(H,18,20). The molecule has 1 amide bonds. The molecule has 1 atom stereocenters. The van der Waals surface area contributed by atoms with Crippen molar-refractivity contribution in [1.82, 2.24) is 15.3 Å². The Balaban J connectivity index is 2.20. The second kappa shape index (κ2) is 6.15. The monoisotopic (exact) mass is 309 g/mol. The number of nitrogens with two attached hydrogens (primary N) is 1. The second-order valence-electron chi connectivity index (χ2n) is 4.54. The Morgan fingerprint density at radius 3 is 2.76 bits per heavy atom. The molecular formula is C13H16FN5OS. The van der Waals surface area contributed by atoms with Crippen molar-refractivity contribution < 1.29 is 9.18 Å². The van der Waals surface area contributed by atoms with Gasteiger partial charge in [0.15, 0.2) is 11.6 Å². The number of anilines is 1. The first-order chi connectivity index (χ1) is 9.93. The number of carbonyl (C=O) groups is 1. The summed E-state index contributed by atoms with van der Waals surface area (Å²) in [5.41, 5.74) is 2.87. The van der Waals surface area contributed by atoms with Crippen LogP contribution in [0.4, 0.5) is 10.2 Å². The number of halogens is 1. The van der Waals surface area contributed by atoms with E-state index < -0.39 is 11.7 Å². The fourth-order valence-electron chi connectivity index (χ4n) is 2.01. The number of aryl methyl sites for hydroxylation is 2. The van der Waals surface area contributed by atoms with Gasteiger partial charge in [-0.05, 0) is 26.8 Å². The number of nitrogens with one attached hydrogen (secondary N) is 2. The van der Waals surface area contributed by atoms with Crippen LogP contribution in [0, 0.1) is 19.7 Å². The number of hydrogen-bond acceptors (Lipinski definition) is 6. The molecule has 2 heterocycles. The smallest absolute Gasteiger partial charge is 0.254 e. The quantitative estimate of drug-likeness (QED) is 0.594. The Kier molecular flexibility index (Phi) is 4.49. The number of thiazole rings is 1. The van der Waals surface area contributed by atoms with Gasteiger partial charge in [0.2, 0.25) is 0 Å². The van der Waals surface area contributed by atoms with Crippen LogP contribution in [0.25, 0.3) is 0 Å². The van der Waals surface area contributed by atoms with Crippen LogP contribution in [-0.4, -0.2) is 15.9 Å². The van der Waals surface area contributed by atoms with E-state index >= 15 is 0 Å². The highest BCUT2D eigenvalue weighted by molar-refractivity contribution is 7.11. The van der Waals surface area contributed by atoms with Crippen LogP contribution in [0.2, 0.25) is 0 Å². The van der Waals surface area contributed by atoms with Gasteiger partial charge in [0.25, 0.3) is 5.91 Å². The molecule has 0 aliphatic rings. The van der Waals surface area contributed by atoms with Crippen LogP contribution in [0.5, 0.6) is 0 Å². The van der Waals surface area contributed by atoms with Gasteiger partial charge in [-0.2, -0.15) is 0 Å². The van der Waals surface area contributed by atoms with E-state index in [0.717, 1.165) is 15.6 Å². The number of nitrogens with zero attached hydrogens (tertiary/aromatic N) is 2. The summed E-state index contributed by atoms with van der Waals surface area (Å²) >= 11 is 1.51. The number of rotatable bonds is 4. The summed E-state index contributed by atoms with van der Waals surface area (Å²) in [6.45, 7) is 5.61. The summed E-state index contributed by atoms with van der Waals surface area (Å²) in [6, 6.07) is 1.05. The molecule has 112 valence electrons. The number of hydrazine groups is 1. The predicted octanol–water partition coefficient (Wildman–Crippen LogP) is 2.07. The van der Waals surface area contributed by atoms with Crippen LogP contribution in [0.15, 0.2) is 12.3 Å². The Bertz CT molecular complexity index is 673. The summed E-state index contributed by atoms with van der Waals surface area (Å²) in [5, 5.41) is 3.68. The van der Waals surface area contributed by atoms with Crippen molar-refractivity contribution in [1.29, 1.82) is 0 Å². The van der Waals surface area contributed by atoms with E-state index in [1.807, 2.05) is 20.8 Å². The average Bonchev–Trinajstić information content (AvgIpc) is 2.78. The highest BCUT2D eigenvalue weighted by atomic mass is 32.1. The molecule has 0 bridgehead atoms. The molecule has 0 spiro atoms. The van der Waals surface area contributed by atoms with E-state index in [0.29, 0.717) is 0 Å². The van der Waals surface area contributed by atoms with Crippen LogP contribution in [0.1, 0.15) is 38.9 Å². The van der Waals surface area contributed by atoms with E-state index in [2.05, 4.69) is 20.7 Å². The van der Waals surface area contributed by atoms with Crippen LogP contribution in [-0.2, 0) is 0 Å². The van der Waals surface area contributed by atoms with E-state index in [4.69, 9.17) is 5.84 Å². The van der Waals surface area contributed by atoms with Crippen LogP contribution < -0.4 is 16.6 Å². The minimum atomic E-state index is -0.776. The minimum absolute atomic E-state index is 0.108. The van der Waals surface area contributed by atoms with Crippen molar-refractivity contribution in [3.63, 3.8) is 0 Å². The highest BCUT2D eigenvalue weighted by Crippen LogP contribution is 2.25. The number of aromatic nitrogens is 2.